The highest BCUT2D eigenvalue weighted by Crippen LogP contribution is 2.39. The van der Waals surface area contributed by atoms with E-state index >= 15 is 4.39 Å². The van der Waals surface area contributed by atoms with E-state index in [1.54, 1.807) is 18.3 Å². The van der Waals surface area contributed by atoms with Crippen LogP contribution in [-0.4, -0.2) is 46.9 Å². The van der Waals surface area contributed by atoms with Gasteiger partial charge in [0.2, 0.25) is 5.91 Å². The standard InChI is InChI=1S/C25H23BrClFN4O2/c26-19-12-18-2-1-17-13-20(27)14-21(28)23(17)25(24(18)29-15-19)31-9-7-30(8-10-31)22(33)11-16-3-5-32(34)6-4-16/h3-6,12-15,25H,1-2,7-11H2/t25-/m0/s1. The van der Waals surface area contributed by atoms with Gasteiger partial charge in [0.05, 0.1) is 18.2 Å². The zero-order valence-corrected chi connectivity index (χ0v) is 20.7. The monoisotopic (exact) mass is 544 g/mol. The summed E-state index contributed by atoms with van der Waals surface area (Å²) in [6.45, 7) is 2.29. The largest absolute Gasteiger partial charge is 0.619 e. The summed E-state index contributed by atoms with van der Waals surface area (Å²) in [5.41, 5.74) is 4.29. The molecule has 1 aliphatic heterocycles. The molecule has 0 radical (unpaired) electrons. The van der Waals surface area contributed by atoms with Crippen LogP contribution in [0, 0.1) is 11.0 Å². The predicted octanol–water partition coefficient (Wildman–Crippen LogP) is 3.84. The number of carbonyl (C=O) groups excluding carboxylic acids is 1. The fourth-order valence-electron chi connectivity index (χ4n) is 4.93. The van der Waals surface area contributed by atoms with Crippen LogP contribution < -0.4 is 4.73 Å². The normalized spacial score (nSPS) is 18.2. The fourth-order valence-corrected chi connectivity index (χ4v) is 5.53. The number of aromatic nitrogens is 2. The van der Waals surface area contributed by atoms with Crippen LogP contribution in [0.15, 0.2) is 53.4 Å². The van der Waals surface area contributed by atoms with Crippen LogP contribution >= 0.6 is 27.5 Å². The van der Waals surface area contributed by atoms with Gasteiger partial charge in [-0.2, -0.15) is 4.73 Å². The van der Waals surface area contributed by atoms with Crippen molar-refractivity contribution in [2.24, 2.45) is 0 Å². The number of hydrogen-bond donors (Lipinski definition) is 0. The van der Waals surface area contributed by atoms with Crippen molar-refractivity contribution < 1.29 is 13.9 Å². The average Bonchev–Trinajstić information content (AvgIpc) is 2.97. The van der Waals surface area contributed by atoms with Gasteiger partial charge in [0.15, 0.2) is 12.4 Å². The number of aryl methyl sites for hydroxylation is 2. The zero-order chi connectivity index (χ0) is 23.8. The molecule has 1 saturated heterocycles. The Kier molecular flexibility index (Phi) is 6.55. The minimum absolute atomic E-state index is 0.0185. The molecule has 9 heteroatoms. The Morgan fingerprint density at radius 2 is 1.85 bits per heavy atom. The van der Waals surface area contributed by atoms with Crippen molar-refractivity contribution in [2.45, 2.75) is 25.3 Å². The van der Waals surface area contributed by atoms with E-state index in [4.69, 9.17) is 16.6 Å². The first-order chi connectivity index (χ1) is 16.4. The van der Waals surface area contributed by atoms with E-state index in [1.165, 1.54) is 18.5 Å². The minimum Gasteiger partial charge on any atom is -0.619 e. The quantitative estimate of drug-likeness (QED) is 0.371. The first-order valence-corrected chi connectivity index (χ1v) is 12.4. The van der Waals surface area contributed by atoms with E-state index in [0.29, 0.717) is 47.9 Å². The molecule has 1 fully saturated rings. The molecule has 1 aliphatic carbocycles. The predicted molar refractivity (Wildman–Crippen MR) is 130 cm³/mol. The van der Waals surface area contributed by atoms with Crippen molar-refractivity contribution in [1.82, 2.24) is 14.8 Å². The summed E-state index contributed by atoms with van der Waals surface area (Å²) < 4.78 is 16.9. The van der Waals surface area contributed by atoms with Crippen molar-refractivity contribution in [3.05, 3.63) is 97.4 Å². The van der Waals surface area contributed by atoms with Crippen molar-refractivity contribution in [3.8, 4) is 0 Å². The van der Waals surface area contributed by atoms with E-state index < -0.39 is 0 Å². The van der Waals surface area contributed by atoms with E-state index in [0.717, 1.165) is 33.3 Å². The number of rotatable bonds is 3. The van der Waals surface area contributed by atoms with Crippen LogP contribution in [0.4, 0.5) is 4.39 Å². The zero-order valence-electron chi connectivity index (χ0n) is 18.4. The fraction of sp³-hybridized carbons (Fsp3) is 0.320. The highest BCUT2D eigenvalue weighted by Gasteiger charge is 2.35. The number of nitrogens with zero attached hydrogens (tertiary/aromatic N) is 4. The van der Waals surface area contributed by atoms with Gasteiger partial charge in [0.25, 0.3) is 0 Å². The summed E-state index contributed by atoms with van der Waals surface area (Å²) in [6, 6.07) is 8.29. The average molecular weight is 546 g/mol. The Balaban J connectivity index is 1.40. The van der Waals surface area contributed by atoms with Gasteiger partial charge in [-0.1, -0.05) is 11.6 Å². The maximum Gasteiger partial charge on any atom is 0.227 e. The second kappa shape index (κ2) is 9.60. The summed E-state index contributed by atoms with van der Waals surface area (Å²) in [6.07, 6.45) is 6.24. The SMILES string of the molecule is O=C(Cc1cc[n+]([O-])cc1)N1CCN([C@@H]2c3ncc(Br)cc3CCc3cc(Cl)cc(F)c32)CC1. The summed E-state index contributed by atoms with van der Waals surface area (Å²) in [7, 11) is 0. The number of carbonyl (C=O) groups is 1. The summed E-state index contributed by atoms with van der Waals surface area (Å²) >= 11 is 9.71. The van der Waals surface area contributed by atoms with Crippen molar-refractivity contribution in [3.63, 3.8) is 0 Å². The Hall–Kier alpha value is -2.55. The molecule has 6 nitrogen and oxygen atoms in total. The molecule has 1 atom stereocenters. The second-order valence-corrected chi connectivity index (χ2v) is 10.1. The molecule has 3 aromatic rings. The Morgan fingerprint density at radius 1 is 1.15 bits per heavy atom. The van der Waals surface area contributed by atoms with Crippen LogP contribution in [0.1, 0.15) is 34.0 Å². The molecule has 0 unspecified atom stereocenters. The smallest absolute Gasteiger partial charge is 0.227 e. The molecule has 2 aliphatic rings. The molecule has 3 heterocycles. The van der Waals surface area contributed by atoms with Gasteiger partial charge in [-0.3, -0.25) is 14.7 Å². The molecule has 5 rings (SSSR count). The summed E-state index contributed by atoms with van der Waals surface area (Å²) in [5.74, 6) is -0.298. The highest BCUT2D eigenvalue weighted by atomic mass is 79.9. The maximum absolute atomic E-state index is 15.3. The molecule has 34 heavy (non-hydrogen) atoms. The number of piperazine rings is 1. The number of halogens is 3. The van der Waals surface area contributed by atoms with Gasteiger partial charge >= 0.3 is 0 Å². The Morgan fingerprint density at radius 3 is 2.59 bits per heavy atom. The lowest BCUT2D eigenvalue weighted by Crippen LogP contribution is -2.50. The number of pyridine rings is 2. The number of benzene rings is 1. The molecule has 0 spiro atoms. The third-order valence-electron chi connectivity index (χ3n) is 6.60. The number of hydrogen-bond acceptors (Lipinski definition) is 4. The van der Waals surface area contributed by atoms with Crippen LogP contribution in [0.5, 0.6) is 0 Å². The van der Waals surface area contributed by atoms with Crippen LogP contribution in [-0.2, 0) is 24.1 Å². The van der Waals surface area contributed by atoms with E-state index in [-0.39, 0.29) is 24.2 Å². The number of fused-ring (bicyclic) bond motifs is 2. The maximum atomic E-state index is 15.3. The molecule has 0 bridgehead atoms. The van der Waals surface area contributed by atoms with E-state index in [9.17, 15) is 10.0 Å². The summed E-state index contributed by atoms with van der Waals surface area (Å²) in [5, 5.41) is 11.6. The first-order valence-electron chi connectivity index (χ1n) is 11.2. The number of amides is 1. The summed E-state index contributed by atoms with van der Waals surface area (Å²) in [4.78, 5) is 21.6. The van der Waals surface area contributed by atoms with Crippen molar-refractivity contribution in [1.29, 1.82) is 0 Å². The van der Waals surface area contributed by atoms with E-state index in [2.05, 4.69) is 26.9 Å². The lowest BCUT2D eigenvalue weighted by molar-refractivity contribution is -0.605. The van der Waals surface area contributed by atoms with Gasteiger partial charge < -0.3 is 10.1 Å². The lowest BCUT2D eigenvalue weighted by atomic mass is 9.95. The molecule has 0 N–H and O–H groups in total. The van der Waals surface area contributed by atoms with Crippen molar-refractivity contribution >= 4 is 33.4 Å². The highest BCUT2D eigenvalue weighted by molar-refractivity contribution is 9.10. The van der Waals surface area contributed by atoms with Gasteiger partial charge in [-0.05, 0) is 63.7 Å². The van der Waals surface area contributed by atoms with Crippen molar-refractivity contribution in [2.75, 3.05) is 26.2 Å². The third kappa shape index (κ3) is 4.67. The molecular weight excluding hydrogens is 523 g/mol. The Bertz CT molecular complexity index is 1230. The van der Waals surface area contributed by atoms with Crippen LogP contribution in [0.25, 0.3) is 0 Å². The Labute approximate surface area is 210 Å². The van der Waals surface area contributed by atoms with E-state index in [1.807, 2.05) is 11.0 Å². The first kappa shape index (κ1) is 23.2. The van der Waals surface area contributed by atoms with Gasteiger partial charge in [-0.25, -0.2) is 4.39 Å². The molecular formula is C25H23BrClFN4O2. The van der Waals surface area contributed by atoms with Gasteiger partial charge in [0, 0.05) is 59.6 Å². The molecule has 1 amide bonds. The van der Waals surface area contributed by atoms with Gasteiger partial charge in [0.1, 0.15) is 5.82 Å². The third-order valence-corrected chi connectivity index (χ3v) is 7.25. The topological polar surface area (TPSA) is 63.4 Å². The van der Waals surface area contributed by atoms with Crippen LogP contribution in [0.3, 0.4) is 0 Å². The minimum atomic E-state index is -0.336. The molecule has 0 saturated carbocycles. The van der Waals surface area contributed by atoms with Crippen LogP contribution in [0.2, 0.25) is 5.02 Å². The molecule has 1 aromatic carbocycles. The second-order valence-electron chi connectivity index (χ2n) is 8.72. The molecule has 2 aromatic heterocycles. The molecule has 176 valence electrons. The van der Waals surface area contributed by atoms with Gasteiger partial charge in [-0.15, -0.1) is 0 Å². The lowest BCUT2D eigenvalue weighted by Gasteiger charge is -2.40.